The Morgan fingerprint density at radius 1 is 0.882 bits per heavy atom. The second-order valence-electron chi connectivity index (χ2n) is 9.40. The number of halogens is 2. The van der Waals surface area contributed by atoms with Crippen LogP contribution in [-0.4, -0.2) is 28.3 Å². The van der Waals surface area contributed by atoms with Crippen molar-refractivity contribution in [2.24, 2.45) is 0 Å². The van der Waals surface area contributed by atoms with Gasteiger partial charge in [0, 0.05) is 23.0 Å². The first kappa shape index (κ1) is 25.6. The van der Waals surface area contributed by atoms with E-state index in [1.807, 2.05) is 75.4 Å². The molecule has 3 aromatic carbocycles. The summed E-state index contributed by atoms with van der Waals surface area (Å²) in [6.45, 7) is 6.04. The lowest BCUT2D eigenvalue weighted by molar-refractivity contribution is -0.141. The lowest BCUT2D eigenvalue weighted by atomic mass is 10.00. The second kappa shape index (κ2) is 11.4. The second-order valence-corrected chi connectivity index (χ2v) is 10.3. The smallest absolute Gasteiger partial charge is 0.243 e. The van der Waals surface area contributed by atoms with Gasteiger partial charge >= 0.3 is 0 Å². The van der Waals surface area contributed by atoms with Crippen LogP contribution in [0.1, 0.15) is 37.5 Å². The van der Waals surface area contributed by atoms with E-state index >= 15 is 0 Å². The van der Waals surface area contributed by atoms with Crippen molar-refractivity contribution < 1.29 is 14.0 Å². The summed E-state index contributed by atoms with van der Waals surface area (Å²) in [5, 5.41) is 3.05. The van der Waals surface area contributed by atoms with Crippen molar-refractivity contribution in [3.05, 3.63) is 106 Å². The van der Waals surface area contributed by atoms with Crippen LogP contribution in [0.5, 0.6) is 0 Å². The zero-order valence-electron chi connectivity index (χ0n) is 19.7. The fourth-order valence-corrected chi connectivity index (χ4v) is 3.94. The van der Waals surface area contributed by atoms with Gasteiger partial charge in [0.1, 0.15) is 11.9 Å². The number of nitrogens with zero attached hydrogens (tertiary/aromatic N) is 1. The number of carbonyl (C=O) groups is 2. The van der Waals surface area contributed by atoms with Gasteiger partial charge in [-0.1, -0.05) is 70.5 Å². The predicted molar refractivity (Wildman–Crippen MR) is 137 cm³/mol. The number of carbonyl (C=O) groups excluding carboxylic acids is 2. The van der Waals surface area contributed by atoms with E-state index in [1.165, 1.54) is 12.1 Å². The Morgan fingerprint density at radius 3 is 2.06 bits per heavy atom. The Balaban J connectivity index is 1.97. The number of amides is 2. The molecule has 0 radical (unpaired) electrons. The Bertz CT molecular complexity index is 1090. The first-order chi connectivity index (χ1) is 16.1. The summed E-state index contributed by atoms with van der Waals surface area (Å²) >= 11 is 3.44. The van der Waals surface area contributed by atoms with Gasteiger partial charge in [0.05, 0.1) is 6.42 Å². The topological polar surface area (TPSA) is 49.4 Å². The van der Waals surface area contributed by atoms with E-state index in [4.69, 9.17) is 0 Å². The zero-order chi connectivity index (χ0) is 24.7. The summed E-state index contributed by atoms with van der Waals surface area (Å²) < 4.78 is 14.3. The first-order valence-electron chi connectivity index (χ1n) is 11.2. The Labute approximate surface area is 209 Å². The van der Waals surface area contributed by atoms with Crippen LogP contribution >= 0.6 is 15.9 Å². The molecule has 0 spiro atoms. The summed E-state index contributed by atoms with van der Waals surface area (Å²) in [6.07, 6.45) is 0.458. The maximum Gasteiger partial charge on any atom is 0.243 e. The molecule has 0 aliphatic rings. The maximum absolute atomic E-state index is 13.6. The molecule has 0 saturated heterocycles. The molecule has 34 heavy (non-hydrogen) atoms. The normalized spacial score (nSPS) is 12.1. The van der Waals surface area contributed by atoms with E-state index in [1.54, 1.807) is 17.0 Å². The molecule has 4 nitrogen and oxygen atoms in total. The van der Waals surface area contributed by atoms with Crippen molar-refractivity contribution in [3.8, 4) is 0 Å². The average molecular weight is 525 g/mol. The van der Waals surface area contributed by atoms with Crippen LogP contribution in [0.4, 0.5) is 4.39 Å². The van der Waals surface area contributed by atoms with Gasteiger partial charge in [-0.15, -0.1) is 0 Å². The molecular formula is C28H30BrFN2O2. The van der Waals surface area contributed by atoms with Crippen molar-refractivity contribution in [2.75, 3.05) is 0 Å². The maximum atomic E-state index is 13.6. The van der Waals surface area contributed by atoms with Crippen LogP contribution in [0.3, 0.4) is 0 Å². The van der Waals surface area contributed by atoms with Gasteiger partial charge < -0.3 is 10.2 Å². The van der Waals surface area contributed by atoms with Crippen molar-refractivity contribution in [1.29, 1.82) is 0 Å². The first-order valence-corrected chi connectivity index (χ1v) is 12.0. The number of benzene rings is 3. The Kier molecular flexibility index (Phi) is 8.61. The van der Waals surface area contributed by atoms with Gasteiger partial charge in [-0.3, -0.25) is 9.59 Å². The summed E-state index contributed by atoms with van der Waals surface area (Å²) in [4.78, 5) is 28.7. The van der Waals surface area contributed by atoms with Gasteiger partial charge in [0.15, 0.2) is 0 Å². The molecule has 3 aromatic rings. The highest BCUT2D eigenvalue weighted by Gasteiger charge is 2.32. The molecule has 0 saturated carbocycles. The summed E-state index contributed by atoms with van der Waals surface area (Å²) in [6, 6.07) is 22.6. The predicted octanol–water partition coefficient (Wildman–Crippen LogP) is 5.69. The van der Waals surface area contributed by atoms with Gasteiger partial charge in [-0.25, -0.2) is 4.39 Å². The molecule has 0 fully saturated rings. The Hall–Kier alpha value is -2.99. The average Bonchev–Trinajstić information content (AvgIpc) is 2.78. The summed E-state index contributed by atoms with van der Waals surface area (Å²) in [7, 11) is 0. The third-order valence-electron chi connectivity index (χ3n) is 5.30. The third-order valence-corrected chi connectivity index (χ3v) is 5.83. The highest BCUT2D eigenvalue weighted by atomic mass is 79.9. The minimum Gasteiger partial charge on any atom is -0.350 e. The molecule has 0 bridgehead atoms. The highest BCUT2D eigenvalue weighted by molar-refractivity contribution is 9.10. The number of hydrogen-bond acceptors (Lipinski definition) is 2. The lowest BCUT2D eigenvalue weighted by Gasteiger charge is -2.34. The molecule has 0 heterocycles. The quantitative estimate of drug-likeness (QED) is 0.411. The van der Waals surface area contributed by atoms with E-state index in [9.17, 15) is 14.0 Å². The fourth-order valence-electron chi connectivity index (χ4n) is 3.67. The molecule has 178 valence electrons. The van der Waals surface area contributed by atoms with Crippen molar-refractivity contribution in [1.82, 2.24) is 10.2 Å². The summed E-state index contributed by atoms with van der Waals surface area (Å²) in [5.41, 5.74) is 2.13. The summed E-state index contributed by atoms with van der Waals surface area (Å²) in [5.74, 6) is -0.755. The van der Waals surface area contributed by atoms with Gasteiger partial charge in [-0.2, -0.15) is 0 Å². The van der Waals surface area contributed by atoms with Crippen molar-refractivity contribution >= 4 is 27.7 Å². The fraction of sp³-hybridized carbons (Fsp3) is 0.286. The van der Waals surface area contributed by atoms with E-state index in [-0.39, 0.29) is 30.6 Å². The van der Waals surface area contributed by atoms with Crippen molar-refractivity contribution in [3.63, 3.8) is 0 Å². The van der Waals surface area contributed by atoms with Crippen LogP contribution in [-0.2, 0) is 29.0 Å². The lowest BCUT2D eigenvalue weighted by Crippen LogP contribution is -2.54. The van der Waals surface area contributed by atoms with Gasteiger partial charge in [0.2, 0.25) is 11.8 Å². The number of nitrogens with one attached hydrogen (secondary N) is 1. The largest absolute Gasteiger partial charge is 0.350 e. The van der Waals surface area contributed by atoms with Gasteiger partial charge in [-0.05, 0) is 61.7 Å². The molecule has 0 aromatic heterocycles. The molecular weight excluding hydrogens is 495 g/mol. The molecule has 1 atom stereocenters. The molecule has 0 unspecified atom stereocenters. The van der Waals surface area contributed by atoms with E-state index < -0.39 is 11.6 Å². The SMILES string of the molecule is CC(C)(C)NC(=O)[C@@H](Cc1ccccc1)N(Cc1ccc(Br)cc1)C(=O)Cc1ccc(F)cc1. The third kappa shape index (κ3) is 7.80. The molecule has 2 amide bonds. The minimum absolute atomic E-state index is 0.0743. The number of hydrogen-bond donors (Lipinski definition) is 1. The van der Waals surface area contributed by atoms with E-state index in [2.05, 4.69) is 21.2 Å². The Morgan fingerprint density at radius 2 is 1.47 bits per heavy atom. The highest BCUT2D eigenvalue weighted by Crippen LogP contribution is 2.19. The van der Waals surface area contributed by atoms with E-state index in [0.717, 1.165) is 15.6 Å². The molecule has 1 N–H and O–H groups in total. The van der Waals surface area contributed by atoms with Gasteiger partial charge in [0.25, 0.3) is 0 Å². The molecule has 3 rings (SSSR count). The minimum atomic E-state index is -0.710. The molecule has 0 aliphatic carbocycles. The van der Waals surface area contributed by atoms with Crippen LogP contribution in [0.15, 0.2) is 83.3 Å². The zero-order valence-corrected chi connectivity index (χ0v) is 21.3. The van der Waals surface area contributed by atoms with Crippen LogP contribution < -0.4 is 5.32 Å². The molecule has 6 heteroatoms. The monoisotopic (exact) mass is 524 g/mol. The van der Waals surface area contributed by atoms with Crippen LogP contribution in [0.2, 0.25) is 0 Å². The number of rotatable bonds is 8. The van der Waals surface area contributed by atoms with Crippen LogP contribution in [0, 0.1) is 5.82 Å². The van der Waals surface area contributed by atoms with Crippen molar-refractivity contribution in [2.45, 2.75) is 51.7 Å². The van der Waals surface area contributed by atoms with Crippen LogP contribution in [0.25, 0.3) is 0 Å². The molecule has 0 aliphatic heterocycles. The van der Waals surface area contributed by atoms with E-state index in [0.29, 0.717) is 12.0 Å². The standard InChI is InChI=1S/C28H30BrFN2O2/c1-28(2,3)31-27(34)25(17-20-7-5-4-6-8-20)32(19-22-9-13-23(29)14-10-22)26(33)18-21-11-15-24(30)16-12-21/h4-16,25H,17-19H2,1-3H3,(H,31,34)/t25-/m1/s1.